The molecule has 0 radical (unpaired) electrons. The summed E-state index contributed by atoms with van der Waals surface area (Å²) in [6.45, 7) is 8.72. The first-order valence-corrected chi connectivity index (χ1v) is 8.57. The molecule has 120 valence electrons. The molecule has 1 rings (SSSR count). The van der Waals surface area contributed by atoms with Gasteiger partial charge in [-0.2, -0.15) is 0 Å². The first kappa shape index (κ1) is 17.9. The largest absolute Gasteiger partial charge is 0.389 e. The Morgan fingerprint density at radius 2 is 2.00 bits per heavy atom. The lowest BCUT2D eigenvalue weighted by Crippen LogP contribution is -2.37. The normalized spacial score (nSPS) is 25.6. The van der Waals surface area contributed by atoms with Crippen LogP contribution in [0.25, 0.3) is 0 Å². The van der Waals surface area contributed by atoms with Crippen molar-refractivity contribution < 1.29 is 9.84 Å². The Morgan fingerprint density at radius 3 is 2.75 bits per heavy atom. The minimum atomic E-state index is -0.366. The number of aliphatic hydroxyl groups is 1. The van der Waals surface area contributed by atoms with E-state index in [0.717, 1.165) is 24.9 Å². The Balaban J connectivity index is 2.00. The van der Waals surface area contributed by atoms with E-state index < -0.39 is 0 Å². The number of hydrogen-bond donors (Lipinski definition) is 2. The molecule has 0 aromatic carbocycles. The summed E-state index contributed by atoms with van der Waals surface area (Å²) in [6.07, 6.45) is 8.44. The quantitative estimate of drug-likeness (QED) is 0.504. The van der Waals surface area contributed by atoms with E-state index in [2.05, 4.69) is 26.1 Å². The molecular formula is C17H35NO2. The summed E-state index contributed by atoms with van der Waals surface area (Å²) >= 11 is 0. The zero-order valence-corrected chi connectivity index (χ0v) is 13.7. The highest BCUT2D eigenvalue weighted by atomic mass is 16.5. The van der Waals surface area contributed by atoms with Crippen LogP contribution in [-0.4, -0.2) is 37.0 Å². The number of aliphatic hydroxyl groups excluding tert-OH is 1. The van der Waals surface area contributed by atoms with Gasteiger partial charge in [-0.3, -0.25) is 0 Å². The van der Waals surface area contributed by atoms with Gasteiger partial charge in [-0.15, -0.1) is 0 Å². The minimum absolute atomic E-state index is 0.366. The second kappa shape index (κ2) is 10.6. The molecule has 1 saturated carbocycles. The van der Waals surface area contributed by atoms with Crippen LogP contribution in [0.3, 0.4) is 0 Å². The Hall–Kier alpha value is -0.120. The van der Waals surface area contributed by atoms with Crippen LogP contribution < -0.4 is 5.32 Å². The zero-order chi connectivity index (χ0) is 14.8. The zero-order valence-electron chi connectivity index (χ0n) is 13.7. The molecule has 3 unspecified atom stereocenters. The molecule has 3 nitrogen and oxygen atoms in total. The van der Waals surface area contributed by atoms with Crippen molar-refractivity contribution >= 4 is 0 Å². The lowest BCUT2D eigenvalue weighted by molar-refractivity contribution is 0.0332. The van der Waals surface area contributed by atoms with Crippen molar-refractivity contribution in [1.82, 2.24) is 5.32 Å². The van der Waals surface area contributed by atoms with E-state index in [1.807, 2.05) is 0 Å². The van der Waals surface area contributed by atoms with Crippen LogP contribution in [0.2, 0.25) is 0 Å². The topological polar surface area (TPSA) is 41.5 Å². The van der Waals surface area contributed by atoms with Crippen molar-refractivity contribution in [1.29, 1.82) is 0 Å². The van der Waals surface area contributed by atoms with Crippen molar-refractivity contribution in [2.75, 3.05) is 19.8 Å². The van der Waals surface area contributed by atoms with E-state index in [1.54, 1.807) is 0 Å². The molecule has 20 heavy (non-hydrogen) atoms. The first-order chi connectivity index (χ1) is 9.58. The fraction of sp³-hybridized carbons (Fsp3) is 1.00. The van der Waals surface area contributed by atoms with Crippen molar-refractivity contribution in [3.63, 3.8) is 0 Å². The van der Waals surface area contributed by atoms with Crippen molar-refractivity contribution in [3.8, 4) is 0 Å². The van der Waals surface area contributed by atoms with Crippen LogP contribution in [-0.2, 0) is 4.74 Å². The molecule has 1 aliphatic carbocycles. The number of nitrogens with one attached hydrogen (secondary N) is 1. The molecule has 0 heterocycles. The fourth-order valence-electron chi connectivity index (χ4n) is 2.87. The molecule has 0 bridgehead atoms. The van der Waals surface area contributed by atoms with E-state index in [9.17, 15) is 5.11 Å². The van der Waals surface area contributed by atoms with Gasteiger partial charge in [-0.05, 0) is 43.9 Å². The molecular weight excluding hydrogens is 250 g/mol. The summed E-state index contributed by atoms with van der Waals surface area (Å²) in [6, 6.07) is 0.593. The van der Waals surface area contributed by atoms with E-state index in [1.165, 1.54) is 38.5 Å². The second-order valence-corrected chi connectivity index (χ2v) is 6.98. The van der Waals surface area contributed by atoms with Gasteiger partial charge in [0.15, 0.2) is 0 Å². The molecule has 1 aliphatic rings. The standard InChI is InChI=1S/C17H35NO2/c1-14(2)6-5-11-20-13-17(19)12-18-16-8-4-7-15(3)9-10-16/h14-19H,4-13H2,1-3H3. The molecule has 2 N–H and O–H groups in total. The third-order valence-electron chi connectivity index (χ3n) is 4.28. The predicted octanol–water partition coefficient (Wildman–Crippen LogP) is 3.36. The lowest BCUT2D eigenvalue weighted by Gasteiger charge is -2.19. The lowest BCUT2D eigenvalue weighted by atomic mass is 10.0. The van der Waals surface area contributed by atoms with Gasteiger partial charge in [0.1, 0.15) is 0 Å². The summed E-state index contributed by atoms with van der Waals surface area (Å²) in [5.41, 5.74) is 0. The molecule has 0 saturated heterocycles. The maximum Gasteiger partial charge on any atom is 0.0897 e. The van der Waals surface area contributed by atoms with Crippen molar-refractivity contribution in [2.45, 2.75) is 77.9 Å². The number of rotatable bonds is 9. The van der Waals surface area contributed by atoms with Crippen LogP contribution in [0.15, 0.2) is 0 Å². The first-order valence-electron chi connectivity index (χ1n) is 8.57. The predicted molar refractivity (Wildman–Crippen MR) is 84.9 cm³/mol. The summed E-state index contributed by atoms with van der Waals surface area (Å²) in [5, 5.41) is 13.4. The summed E-state index contributed by atoms with van der Waals surface area (Å²) in [4.78, 5) is 0. The highest BCUT2D eigenvalue weighted by Crippen LogP contribution is 2.22. The Kier molecular flexibility index (Phi) is 9.49. The summed E-state index contributed by atoms with van der Waals surface area (Å²) < 4.78 is 5.54. The highest BCUT2D eigenvalue weighted by Gasteiger charge is 2.16. The van der Waals surface area contributed by atoms with Gasteiger partial charge in [-0.25, -0.2) is 0 Å². The van der Waals surface area contributed by atoms with Gasteiger partial charge in [0.05, 0.1) is 12.7 Å². The fourth-order valence-corrected chi connectivity index (χ4v) is 2.87. The second-order valence-electron chi connectivity index (χ2n) is 6.98. The molecule has 3 heteroatoms. The Morgan fingerprint density at radius 1 is 1.20 bits per heavy atom. The van der Waals surface area contributed by atoms with Gasteiger partial charge < -0.3 is 15.2 Å². The van der Waals surface area contributed by atoms with Gasteiger partial charge in [0, 0.05) is 19.2 Å². The molecule has 3 atom stereocenters. The van der Waals surface area contributed by atoms with E-state index in [0.29, 0.717) is 19.2 Å². The Labute approximate surface area is 125 Å². The third-order valence-corrected chi connectivity index (χ3v) is 4.28. The molecule has 1 fully saturated rings. The highest BCUT2D eigenvalue weighted by molar-refractivity contribution is 4.74. The van der Waals surface area contributed by atoms with E-state index >= 15 is 0 Å². The monoisotopic (exact) mass is 285 g/mol. The summed E-state index contributed by atoms with van der Waals surface area (Å²) in [7, 11) is 0. The van der Waals surface area contributed by atoms with Gasteiger partial charge in [0.25, 0.3) is 0 Å². The Bertz CT molecular complexity index is 233. The average Bonchev–Trinajstić information content (AvgIpc) is 2.60. The van der Waals surface area contributed by atoms with Crippen LogP contribution >= 0.6 is 0 Å². The van der Waals surface area contributed by atoms with Crippen LogP contribution in [0, 0.1) is 11.8 Å². The molecule has 0 aliphatic heterocycles. The molecule has 0 amide bonds. The smallest absolute Gasteiger partial charge is 0.0897 e. The van der Waals surface area contributed by atoms with Gasteiger partial charge in [-0.1, -0.05) is 33.6 Å². The maximum atomic E-state index is 9.92. The van der Waals surface area contributed by atoms with Crippen molar-refractivity contribution in [2.24, 2.45) is 11.8 Å². The number of hydrogen-bond acceptors (Lipinski definition) is 3. The minimum Gasteiger partial charge on any atom is -0.389 e. The number of ether oxygens (including phenoxy) is 1. The van der Waals surface area contributed by atoms with E-state index in [4.69, 9.17) is 4.74 Å². The summed E-state index contributed by atoms with van der Waals surface area (Å²) in [5.74, 6) is 1.61. The van der Waals surface area contributed by atoms with Crippen molar-refractivity contribution in [3.05, 3.63) is 0 Å². The maximum absolute atomic E-state index is 9.92. The molecule has 0 spiro atoms. The molecule has 0 aromatic rings. The van der Waals surface area contributed by atoms with Crippen LogP contribution in [0.5, 0.6) is 0 Å². The average molecular weight is 285 g/mol. The van der Waals surface area contributed by atoms with Gasteiger partial charge in [0.2, 0.25) is 0 Å². The van der Waals surface area contributed by atoms with Gasteiger partial charge >= 0.3 is 0 Å². The SMILES string of the molecule is CC(C)CCCOCC(O)CNC1CCCC(C)CC1. The van der Waals surface area contributed by atoms with Crippen LogP contribution in [0.1, 0.15) is 65.7 Å². The van der Waals surface area contributed by atoms with Crippen LogP contribution in [0.4, 0.5) is 0 Å². The van der Waals surface area contributed by atoms with E-state index in [-0.39, 0.29) is 6.10 Å². The molecule has 0 aromatic heterocycles. The third kappa shape index (κ3) is 8.93.